The highest BCUT2D eigenvalue weighted by molar-refractivity contribution is 6.33. The van der Waals surface area contributed by atoms with Gasteiger partial charge in [0.25, 0.3) is 0 Å². The van der Waals surface area contributed by atoms with E-state index >= 15 is 0 Å². The number of aromatic nitrogens is 2. The third-order valence-corrected chi connectivity index (χ3v) is 3.19. The van der Waals surface area contributed by atoms with Crippen LogP contribution in [0.2, 0.25) is 5.02 Å². The molecule has 1 saturated heterocycles. The van der Waals surface area contributed by atoms with Crippen LogP contribution in [0.25, 0.3) is 0 Å². The number of nitrogens with zero attached hydrogens (tertiary/aromatic N) is 3. The number of aryl methyl sites for hydroxylation is 1. The summed E-state index contributed by atoms with van der Waals surface area (Å²) in [6.07, 6.45) is 3.50. The van der Waals surface area contributed by atoms with Gasteiger partial charge in [0.05, 0.1) is 5.69 Å². The molecule has 2 heterocycles. The molecule has 0 radical (unpaired) electrons. The first-order chi connectivity index (χ1) is 8.72. The average Bonchev–Trinajstić information content (AvgIpc) is 2.42. The van der Waals surface area contributed by atoms with Crippen LogP contribution in [-0.2, 0) is 11.2 Å². The fourth-order valence-corrected chi connectivity index (χ4v) is 2.18. The molecular formula is C13H20ClN3O. The van der Waals surface area contributed by atoms with Crippen LogP contribution >= 0.6 is 11.6 Å². The molecule has 1 fully saturated rings. The van der Waals surface area contributed by atoms with Gasteiger partial charge in [0.1, 0.15) is 17.1 Å². The molecule has 0 unspecified atom stereocenters. The molecule has 2 rings (SSSR count). The van der Waals surface area contributed by atoms with E-state index < -0.39 is 0 Å². The molecule has 1 aromatic heterocycles. The molecule has 0 spiro atoms. The second kappa shape index (κ2) is 7.31. The first-order valence-corrected chi connectivity index (χ1v) is 6.86. The van der Waals surface area contributed by atoms with Crippen molar-refractivity contribution in [3.8, 4) is 0 Å². The van der Waals surface area contributed by atoms with Gasteiger partial charge in [-0.3, -0.25) is 4.79 Å². The lowest BCUT2D eigenvalue weighted by Crippen LogP contribution is -2.34. The number of Topliss-reactive ketones (excluding diaryl/α,β-unsaturated/α-hetero) is 1. The van der Waals surface area contributed by atoms with Crippen LogP contribution in [-0.4, -0.2) is 28.8 Å². The lowest BCUT2D eigenvalue weighted by molar-refractivity contribution is -0.119. The highest BCUT2D eigenvalue weighted by atomic mass is 35.5. The van der Waals surface area contributed by atoms with E-state index in [1.807, 2.05) is 20.8 Å². The predicted molar refractivity (Wildman–Crippen MR) is 74.2 cm³/mol. The molecule has 0 aromatic carbocycles. The van der Waals surface area contributed by atoms with Gasteiger partial charge in [0.2, 0.25) is 0 Å². The third-order valence-electron chi connectivity index (χ3n) is 2.80. The minimum absolute atomic E-state index is 0.317. The summed E-state index contributed by atoms with van der Waals surface area (Å²) < 4.78 is 0. The summed E-state index contributed by atoms with van der Waals surface area (Å²) >= 11 is 6.23. The highest BCUT2D eigenvalue weighted by Gasteiger charge is 2.20. The van der Waals surface area contributed by atoms with Crippen molar-refractivity contribution in [2.24, 2.45) is 0 Å². The standard InChI is InChI=1S/C11H14ClN3O.C2H6/c1-2-9-10(12)11(14-7-13-9)15-5-3-8(16)4-6-15;1-2/h7H,2-6H2,1H3;1-2H3. The minimum atomic E-state index is 0.317. The predicted octanol–water partition coefficient (Wildman–Crippen LogP) is 2.89. The van der Waals surface area contributed by atoms with Crippen molar-refractivity contribution < 1.29 is 4.79 Å². The Kier molecular flexibility index (Phi) is 6.05. The maximum absolute atomic E-state index is 11.2. The van der Waals surface area contributed by atoms with Gasteiger partial charge in [-0.05, 0) is 6.42 Å². The first kappa shape index (κ1) is 14.9. The van der Waals surface area contributed by atoms with Crippen molar-refractivity contribution in [1.82, 2.24) is 9.97 Å². The molecular weight excluding hydrogens is 250 g/mol. The average molecular weight is 270 g/mol. The zero-order chi connectivity index (χ0) is 13.5. The number of anilines is 1. The lowest BCUT2D eigenvalue weighted by Gasteiger charge is -2.27. The van der Waals surface area contributed by atoms with E-state index in [9.17, 15) is 4.79 Å². The molecule has 100 valence electrons. The van der Waals surface area contributed by atoms with Gasteiger partial charge in [-0.25, -0.2) is 9.97 Å². The topological polar surface area (TPSA) is 46.1 Å². The van der Waals surface area contributed by atoms with Crippen LogP contribution in [0.15, 0.2) is 6.33 Å². The molecule has 5 heteroatoms. The second-order valence-electron chi connectivity index (χ2n) is 3.84. The van der Waals surface area contributed by atoms with Gasteiger partial charge in [0, 0.05) is 25.9 Å². The fraction of sp³-hybridized carbons (Fsp3) is 0.615. The smallest absolute Gasteiger partial charge is 0.151 e. The molecule has 0 N–H and O–H groups in total. The van der Waals surface area contributed by atoms with Gasteiger partial charge < -0.3 is 4.90 Å². The zero-order valence-electron chi connectivity index (χ0n) is 11.2. The molecule has 4 nitrogen and oxygen atoms in total. The van der Waals surface area contributed by atoms with E-state index in [1.54, 1.807) is 0 Å². The summed E-state index contributed by atoms with van der Waals surface area (Å²) in [5.41, 5.74) is 0.864. The maximum Gasteiger partial charge on any atom is 0.151 e. The molecule has 0 amide bonds. The van der Waals surface area contributed by atoms with Gasteiger partial charge in [-0.2, -0.15) is 0 Å². The molecule has 1 aromatic rings. The number of halogens is 1. The Morgan fingerprint density at radius 3 is 2.44 bits per heavy atom. The van der Waals surface area contributed by atoms with Crippen molar-refractivity contribution in [2.45, 2.75) is 40.0 Å². The maximum atomic E-state index is 11.2. The van der Waals surface area contributed by atoms with Crippen LogP contribution in [0.1, 0.15) is 39.3 Å². The van der Waals surface area contributed by atoms with Crippen LogP contribution in [0.5, 0.6) is 0 Å². The molecule has 0 bridgehead atoms. The van der Waals surface area contributed by atoms with Crippen LogP contribution in [0.4, 0.5) is 5.82 Å². The van der Waals surface area contributed by atoms with Gasteiger partial charge in [0.15, 0.2) is 5.82 Å². The summed E-state index contributed by atoms with van der Waals surface area (Å²) in [6, 6.07) is 0. The van der Waals surface area contributed by atoms with Crippen molar-refractivity contribution >= 4 is 23.2 Å². The molecule has 0 saturated carbocycles. The van der Waals surface area contributed by atoms with Crippen LogP contribution < -0.4 is 4.90 Å². The first-order valence-electron chi connectivity index (χ1n) is 6.48. The fourth-order valence-electron chi connectivity index (χ4n) is 1.83. The van der Waals surface area contributed by atoms with Crippen molar-refractivity contribution in [3.63, 3.8) is 0 Å². The van der Waals surface area contributed by atoms with E-state index in [2.05, 4.69) is 14.9 Å². The Hall–Kier alpha value is -1.16. The molecule has 0 atom stereocenters. The summed E-state index contributed by atoms with van der Waals surface area (Å²) in [4.78, 5) is 21.6. The van der Waals surface area contributed by atoms with Gasteiger partial charge >= 0.3 is 0 Å². The van der Waals surface area contributed by atoms with E-state index in [1.165, 1.54) is 6.33 Å². The summed E-state index contributed by atoms with van der Waals surface area (Å²) in [5, 5.41) is 0.624. The number of piperidine rings is 1. The van der Waals surface area contributed by atoms with Crippen molar-refractivity contribution in [3.05, 3.63) is 17.0 Å². The highest BCUT2D eigenvalue weighted by Crippen LogP contribution is 2.27. The number of hydrogen-bond donors (Lipinski definition) is 0. The quantitative estimate of drug-likeness (QED) is 0.828. The van der Waals surface area contributed by atoms with Crippen molar-refractivity contribution in [1.29, 1.82) is 0 Å². The summed E-state index contributed by atoms with van der Waals surface area (Å²) in [5.74, 6) is 1.08. The molecule has 18 heavy (non-hydrogen) atoms. The monoisotopic (exact) mass is 269 g/mol. The number of rotatable bonds is 2. The van der Waals surface area contributed by atoms with Gasteiger partial charge in [-0.15, -0.1) is 0 Å². The second-order valence-corrected chi connectivity index (χ2v) is 4.22. The zero-order valence-corrected chi connectivity index (χ0v) is 12.0. The largest absolute Gasteiger partial charge is 0.354 e. The van der Waals surface area contributed by atoms with E-state index in [0.717, 1.165) is 17.9 Å². The normalized spacial score (nSPS) is 15.1. The lowest BCUT2D eigenvalue weighted by atomic mass is 10.1. The number of ketones is 1. The SMILES string of the molecule is CC.CCc1ncnc(N2CCC(=O)CC2)c1Cl. The molecule has 1 aliphatic heterocycles. The van der Waals surface area contributed by atoms with E-state index in [0.29, 0.717) is 36.7 Å². The van der Waals surface area contributed by atoms with E-state index in [-0.39, 0.29) is 0 Å². The number of carbonyl (C=O) groups excluding carboxylic acids is 1. The Labute approximate surface area is 113 Å². The van der Waals surface area contributed by atoms with E-state index in [4.69, 9.17) is 11.6 Å². The van der Waals surface area contributed by atoms with Gasteiger partial charge in [-0.1, -0.05) is 32.4 Å². The van der Waals surface area contributed by atoms with Crippen LogP contribution in [0.3, 0.4) is 0 Å². The Bertz CT molecular complexity index is 399. The Balaban J connectivity index is 0.000000771. The third kappa shape index (κ3) is 3.42. The Morgan fingerprint density at radius 2 is 1.89 bits per heavy atom. The molecule has 1 aliphatic rings. The van der Waals surface area contributed by atoms with Crippen molar-refractivity contribution in [2.75, 3.05) is 18.0 Å². The molecule has 0 aliphatic carbocycles. The number of carbonyl (C=O) groups is 1. The minimum Gasteiger partial charge on any atom is -0.354 e. The summed E-state index contributed by atoms with van der Waals surface area (Å²) in [7, 11) is 0. The number of hydrogen-bond acceptors (Lipinski definition) is 4. The van der Waals surface area contributed by atoms with Crippen LogP contribution in [0, 0.1) is 0 Å². The Morgan fingerprint density at radius 1 is 1.28 bits per heavy atom. The summed E-state index contributed by atoms with van der Waals surface area (Å²) in [6.45, 7) is 7.43.